The number of nitrogens with zero attached hydrogens (tertiary/aromatic N) is 1. The van der Waals surface area contributed by atoms with Crippen molar-refractivity contribution in [3.8, 4) is 5.75 Å². The van der Waals surface area contributed by atoms with Crippen LogP contribution in [0.1, 0.15) is 52.4 Å². The molecule has 3 atom stereocenters. The minimum atomic E-state index is -0.927. The Morgan fingerprint density at radius 3 is 2.73 bits per heavy atom. The number of anilines is 1. The summed E-state index contributed by atoms with van der Waals surface area (Å²) in [5.41, 5.74) is 4.40. The third-order valence-corrected chi connectivity index (χ3v) is 7.39. The molecule has 1 saturated heterocycles. The van der Waals surface area contributed by atoms with Gasteiger partial charge in [0.15, 0.2) is 6.23 Å². The van der Waals surface area contributed by atoms with Gasteiger partial charge >= 0.3 is 35.5 Å². The fourth-order valence-electron chi connectivity index (χ4n) is 5.29. The zero-order valence-corrected chi connectivity index (χ0v) is 20.8. The molecule has 0 radical (unpaired) electrons. The van der Waals surface area contributed by atoms with Crippen LogP contribution < -0.4 is 15.0 Å². The maximum absolute atomic E-state index is 11.7. The van der Waals surface area contributed by atoms with Gasteiger partial charge in [0.2, 0.25) is 0 Å². The van der Waals surface area contributed by atoms with E-state index in [4.69, 9.17) is 16.3 Å². The van der Waals surface area contributed by atoms with E-state index in [9.17, 15) is 15.0 Å². The molecule has 1 unspecified atom stereocenters. The van der Waals surface area contributed by atoms with Crippen LogP contribution in [0.15, 0.2) is 66.7 Å². The summed E-state index contributed by atoms with van der Waals surface area (Å²) >= 11 is 6.06. The van der Waals surface area contributed by atoms with Crippen LogP contribution >= 0.6 is 11.6 Å². The second-order valence-electron chi connectivity index (χ2n) is 9.58. The van der Waals surface area contributed by atoms with Crippen LogP contribution in [-0.4, -0.2) is 71.1 Å². The molecule has 3 aromatic rings. The SMILES string of the molecule is O=C(O)c1ccccc1N1CCCC1Oc1ccc2c(c1)C[C@@H](NC[C@@H](O)c1cccc(Cl)c1)CC2.[NaH]. The fourth-order valence-corrected chi connectivity index (χ4v) is 5.49. The number of carboxylic acids is 1. The summed E-state index contributed by atoms with van der Waals surface area (Å²) in [4.78, 5) is 13.8. The predicted molar refractivity (Wildman–Crippen MR) is 148 cm³/mol. The molecule has 8 heteroatoms. The summed E-state index contributed by atoms with van der Waals surface area (Å²) in [6, 6.07) is 21.0. The van der Waals surface area contributed by atoms with Crippen molar-refractivity contribution in [3.63, 3.8) is 0 Å². The summed E-state index contributed by atoms with van der Waals surface area (Å²) in [5, 5.41) is 24.3. The molecule has 1 aliphatic carbocycles. The molecule has 37 heavy (non-hydrogen) atoms. The number of nitrogens with one attached hydrogen (secondary N) is 1. The van der Waals surface area contributed by atoms with Crippen LogP contribution in [-0.2, 0) is 12.8 Å². The monoisotopic (exact) mass is 530 g/mol. The molecular weight excluding hydrogens is 499 g/mol. The molecule has 5 rings (SSSR count). The number of aryl methyl sites for hydroxylation is 1. The van der Waals surface area contributed by atoms with Crippen LogP contribution in [0.4, 0.5) is 5.69 Å². The van der Waals surface area contributed by atoms with Crippen molar-refractivity contribution in [3.05, 3.63) is 94.0 Å². The van der Waals surface area contributed by atoms with Crippen molar-refractivity contribution in [2.75, 3.05) is 18.0 Å². The Labute approximate surface area is 244 Å². The van der Waals surface area contributed by atoms with Gasteiger partial charge in [-0.3, -0.25) is 0 Å². The molecule has 3 aromatic carbocycles. The number of hydrogen-bond acceptors (Lipinski definition) is 5. The molecule has 0 aromatic heterocycles. The molecule has 0 amide bonds. The normalized spacial score (nSPS) is 19.6. The number of aromatic carboxylic acids is 1. The average molecular weight is 531 g/mol. The van der Waals surface area contributed by atoms with E-state index >= 15 is 0 Å². The Bertz CT molecular complexity index is 1240. The zero-order valence-electron chi connectivity index (χ0n) is 20.1. The van der Waals surface area contributed by atoms with Gasteiger partial charge in [0, 0.05) is 30.6 Å². The third kappa shape index (κ3) is 6.69. The summed E-state index contributed by atoms with van der Waals surface area (Å²) in [7, 11) is 0. The average Bonchev–Trinajstić information content (AvgIpc) is 3.34. The van der Waals surface area contributed by atoms with Crippen molar-refractivity contribution >= 4 is 52.8 Å². The van der Waals surface area contributed by atoms with E-state index in [-0.39, 0.29) is 41.8 Å². The van der Waals surface area contributed by atoms with E-state index in [0.29, 0.717) is 22.8 Å². The summed E-state index contributed by atoms with van der Waals surface area (Å²) in [6.45, 7) is 1.23. The van der Waals surface area contributed by atoms with Crippen molar-refractivity contribution < 1.29 is 19.7 Å². The standard InChI is InChI=1S/C29H31ClN2O4.Na.H/c30-22-6-3-5-20(15-22)27(33)18-31-23-12-10-19-11-13-24(17-21(19)16-23)36-28-9-4-14-32(28)26-8-2-1-7-25(26)29(34)35;;/h1-3,5-8,11,13,15,17,23,27-28,31,33H,4,9-10,12,14,16,18H2,(H,34,35);;/t23-,27+,28?;;/m0../s1. The van der Waals surface area contributed by atoms with Crippen molar-refractivity contribution in [1.29, 1.82) is 0 Å². The second kappa shape index (κ2) is 12.7. The number of carboxylic acid groups (broad SMARTS) is 1. The minimum absolute atomic E-state index is 0. The summed E-state index contributed by atoms with van der Waals surface area (Å²) < 4.78 is 6.41. The predicted octanol–water partition coefficient (Wildman–Crippen LogP) is 4.58. The molecule has 2 aliphatic rings. The molecule has 3 N–H and O–H groups in total. The Balaban J connectivity index is 0.00000320. The molecule has 0 bridgehead atoms. The van der Waals surface area contributed by atoms with Crippen molar-refractivity contribution in [2.45, 2.75) is 50.5 Å². The molecule has 1 fully saturated rings. The topological polar surface area (TPSA) is 82.0 Å². The first-order valence-corrected chi connectivity index (χ1v) is 12.9. The van der Waals surface area contributed by atoms with Gasteiger partial charge in [0.05, 0.1) is 17.4 Å². The number of rotatable bonds is 8. The first kappa shape index (κ1) is 28.0. The number of ether oxygens (including phenoxy) is 1. The van der Waals surface area contributed by atoms with E-state index in [2.05, 4.69) is 22.3 Å². The molecule has 1 aliphatic heterocycles. The second-order valence-corrected chi connectivity index (χ2v) is 10.0. The molecular formula is C29H32ClN2NaO4. The Kier molecular flexibility index (Phi) is 9.57. The van der Waals surface area contributed by atoms with Gasteiger partial charge in [-0.1, -0.05) is 41.9 Å². The van der Waals surface area contributed by atoms with Gasteiger partial charge in [0.25, 0.3) is 0 Å². The molecule has 0 spiro atoms. The van der Waals surface area contributed by atoms with E-state index in [1.165, 1.54) is 11.1 Å². The van der Waals surface area contributed by atoms with Gasteiger partial charge in [-0.05, 0) is 78.8 Å². The number of para-hydroxylation sites is 1. The number of carbonyl (C=O) groups is 1. The summed E-state index contributed by atoms with van der Waals surface area (Å²) in [6.07, 6.45) is 3.84. The van der Waals surface area contributed by atoms with Crippen molar-refractivity contribution in [2.24, 2.45) is 0 Å². The van der Waals surface area contributed by atoms with E-state index < -0.39 is 12.1 Å². The van der Waals surface area contributed by atoms with Crippen LogP contribution in [0.5, 0.6) is 5.75 Å². The Morgan fingerprint density at radius 1 is 1.08 bits per heavy atom. The first-order chi connectivity index (χ1) is 17.5. The number of hydrogen-bond donors (Lipinski definition) is 3. The first-order valence-electron chi connectivity index (χ1n) is 12.5. The van der Waals surface area contributed by atoms with Crippen LogP contribution in [0, 0.1) is 0 Å². The molecule has 1 heterocycles. The Hall–Kier alpha value is -2.06. The quantitative estimate of drug-likeness (QED) is 0.370. The number of aliphatic hydroxyl groups is 1. The molecule has 0 saturated carbocycles. The van der Waals surface area contributed by atoms with E-state index in [1.807, 2.05) is 30.3 Å². The Morgan fingerprint density at radius 2 is 1.92 bits per heavy atom. The number of benzene rings is 3. The van der Waals surface area contributed by atoms with Crippen molar-refractivity contribution in [1.82, 2.24) is 5.32 Å². The summed E-state index contributed by atoms with van der Waals surface area (Å²) in [5.74, 6) is -0.123. The van der Waals surface area contributed by atoms with E-state index in [1.54, 1.807) is 24.3 Å². The number of aliphatic hydroxyl groups excluding tert-OH is 1. The number of fused-ring (bicyclic) bond motifs is 1. The van der Waals surface area contributed by atoms with Crippen LogP contribution in [0.3, 0.4) is 0 Å². The number of halogens is 1. The molecule has 6 nitrogen and oxygen atoms in total. The zero-order chi connectivity index (χ0) is 25.1. The van der Waals surface area contributed by atoms with Crippen LogP contribution in [0.25, 0.3) is 0 Å². The van der Waals surface area contributed by atoms with Gasteiger partial charge in [0.1, 0.15) is 5.75 Å². The maximum atomic E-state index is 11.7. The third-order valence-electron chi connectivity index (χ3n) is 7.15. The van der Waals surface area contributed by atoms with Gasteiger partial charge < -0.3 is 25.2 Å². The molecule has 190 valence electrons. The van der Waals surface area contributed by atoms with Crippen LogP contribution in [0.2, 0.25) is 5.02 Å². The van der Waals surface area contributed by atoms with Gasteiger partial charge in [-0.15, -0.1) is 0 Å². The van der Waals surface area contributed by atoms with E-state index in [0.717, 1.165) is 50.0 Å². The van der Waals surface area contributed by atoms with Gasteiger partial charge in [-0.25, -0.2) is 4.79 Å². The van der Waals surface area contributed by atoms with Gasteiger partial charge in [-0.2, -0.15) is 0 Å². The fraction of sp³-hybridized carbons (Fsp3) is 0.345.